The molecule has 4 nitrogen and oxygen atoms in total. The van der Waals surface area contributed by atoms with Crippen LogP contribution < -0.4 is 0 Å². The standard InChI is InChI=1S/C21H20BrClN2O2/c1-4-27-19(26)18-13-25(15-11-9-14(22)10-12-15)20(24-18)21(2,3)16-7-5-6-8-17(16)23/h5-13H,4H2,1-3H3. The third kappa shape index (κ3) is 3.94. The van der Waals surface area contributed by atoms with Gasteiger partial charge in [-0.25, -0.2) is 9.78 Å². The van der Waals surface area contributed by atoms with Crippen molar-refractivity contribution in [2.24, 2.45) is 0 Å². The van der Waals surface area contributed by atoms with E-state index in [1.54, 1.807) is 13.1 Å². The third-order valence-electron chi connectivity index (χ3n) is 4.40. The number of aromatic nitrogens is 2. The summed E-state index contributed by atoms with van der Waals surface area (Å²) in [6.07, 6.45) is 1.72. The van der Waals surface area contributed by atoms with E-state index in [9.17, 15) is 4.79 Å². The first-order chi connectivity index (χ1) is 12.8. The summed E-state index contributed by atoms with van der Waals surface area (Å²) < 4.78 is 8.04. The number of nitrogens with zero attached hydrogens (tertiary/aromatic N) is 2. The van der Waals surface area contributed by atoms with Crippen molar-refractivity contribution in [3.05, 3.63) is 81.3 Å². The summed E-state index contributed by atoms with van der Waals surface area (Å²) in [5.74, 6) is 0.269. The number of benzene rings is 2. The van der Waals surface area contributed by atoms with E-state index in [4.69, 9.17) is 16.3 Å². The Morgan fingerprint density at radius 3 is 2.48 bits per heavy atom. The van der Waals surface area contributed by atoms with Crippen LogP contribution in [-0.2, 0) is 10.2 Å². The fourth-order valence-corrected chi connectivity index (χ4v) is 3.65. The summed E-state index contributed by atoms with van der Waals surface area (Å²) in [6.45, 7) is 6.16. The lowest BCUT2D eigenvalue weighted by atomic mass is 9.83. The second kappa shape index (κ2) is 7.87. The van der Waals surface area contributed by atoms with Crippen molar-refractivity contribution < 1.29 is 9.53 Å². The molecule has 3 aromatic rings. The van der Waals surface area contributed by atoms with Crippen LogP contribution in [0.1, 0.15) is 42.6 Å². The van der Waals surface area contributed by atoms with Crippen LogP contribution in [0.4, 0.5) is 0 Å². The summed E-state index contributed by atoms with van der Waals surface area (Å²) in [4.78, 5) is 16.9. The maximum absolute atomic E-state index is 12.3. The molecule has 1 heterocycles. The number of hydrogen-bond acceptors (Lipinski definition) is 3. The zero-order valence-corrected chi connectivity index (χ0v) is 17.7. The average molecular weight is 448 g/mol. The number of carbonyl (C=O) groups excluding carboxylic acids is 1. The molecule has 1 aromatic heterocycles. The molecule has 0 spiro atoms. The summed E-state index contributed by atoms with van der Waals surface area (Å²) in [6, 6.07) is 15.5. The topological polar surface area (TPSA) is 44.1 Å². The molecule has 2 aromatic carbocycles. The minimum Gasteiger partial charge on any atom is -0.461 e. The van der Waals surface area contributed by atoms with Crippen molar-refractivity contribution in [3.8, 4) is 5.69 Å². The van der Waals surface area contributed by atoms with Crippen LogP contribution >= 0.6 is 27.5 Å². The number of hydrogen-bond donors (Lipinski definition) is 0. The molecule has 0 unspecified atom stereocenters. The molecule has 0 aliphatic carbocycles. The highest BCUT2D eigenvalue weighted by Gasteiger charge is 2.32. The monoisotopic (exact) mass is 446 g/mol. The largest absolute Gasteiger partial charge is 0.461 e. The van der Waals surface area contributed by atoms with Gasteiger partial charge in [-0.2, -0.15) is 0 Å². The van der Waals surface area contributed by atoms with E-state index >= 15 is 0 Å². The van der Waals surface area contributed by atoms with Gasteiger partial charge < -0.3 is 9.30 Å². The van der Waals surface area contributed by atoms with Crippen molar-refractivity contribution in [2.45, 2.75) is 26.2 Å². The molecule has 0 radical (unpaired) electrons. The Bertz CT molecular complexity index is 965. The molecular formula is C21H20BrClN2O2. The molecule has 0 saturated heterocycles. The molecular weight excluding hydrogens is 428 g/mol. The number of carbonyl (C=O) groups is 1. The number of imidazole rings is 1. The fraction of sp³-hybridized carbons (Fsp3) is 0.238. The maximum Gasteiger partial charge on any atom is 0.358 e. The van der Waals surface area contributed by atoms with E-state index in [0.717, 1.165) is 15.7 Å². The predicted octanol–water partition coefficient (Wildman–Crippen LogP) is 5.79. The van der Waals surface area contributed by atoms with Gasteiger partial charge >= 0.3 is 5.97 Å². The van der Waals surface area contributed by atoms with Gasteiger partial charge in [0.15, 0.2) is 5.69 Å². The highest BCUT2D eigenvalue weighted by atomic mass is 79.9. The minimum absolute atomic E-state index is 0.273. The van der Waals surface area contributed by atoms with E-state index < -0.39 is 11.4 Å². The van der Waals surface area contributed by atoms with Crippen molar-refractivity contribution in [2.75, 3.05) is 6.61 Å². The first kappa shape index (κ1) is 19.6. The molecule has 0 bridgehead atoms. The average Bonchev–Trinajstić information content (AvgIpc) is 3.09. The third-order valence-corrected chi connectivity index (χ3v) is 5.26. The van der Waals surface area contributed by atoms with Gasteiger partial charge in [0.1, 0.15) is 5.82 Å². The lowest BCUT2D eigenvalue weighted by Crippen LogP contribution is -2.24. The van der Waals surface area contributed by atoms with Gasteiger partial charge in [0.05, 0.1) is 6.61 Å². The van der Waals surface area contributed by atoms with Crippen molar-refractivity contribution in [1.82, 2.24) is 9.55 Å². The smallest absolute Gasteiger partial charge is 0.358 e. The Labute approximate surface area is 172 Å². The Morgan fingerprint density at radius 1 is 1.19 bits per heavy atom. The Kier molecular flexibility index (Phi) is 5.72. The normalized spacial score (nSPS) is 11.4. The van der Waals surface area contributed by atoms with Gasteiger partial charge in [0.2, 0.25) is 0 Å². The highest BCUT2D eigenvalue weighted by molar-refractivity contribution is 9.10. The van der Waals surface area contributed by atoms with Crippen LogP contribution in [0.3, 0.4) is 0 Å². The van der Waals surface area contributed by atoms with Crippen LogP contribution in [0, 0.1) is 0 Å². The lowest BCUT2D eigenvalue weighted by molar-refractivity contribution is 0.0520. The van der Waals surface area contributed by atoms with Gasteiger partial charge in [0, 0.05) is 26.8 Å². The van der Waals surface area contributed by atoms with E-state index in [0.29, 0.717) is 17.5 Å². The van der Waals surface area contributed by atoms with Crippen LogP contribution in [0.2, 0.25) is 5.02 Å². The quantitative estimate of drug-likeness (QED) is 0.465. The molecule has 0 saturated carbocycles. The Hall–Kier alpha value is -2.11. The first-order valence-corrected chi connectivity index (χ1v) is 9.79. The minimum atomic E-state index is -0.532. The van der Waals surface area contributed by atoms with E-state index in [-0.39, 0.29) is 5.69 Å². The van der Waals surface area contributed by atoms with Crippen molar-refractivity contribution >= 4 is 33.5 Å². The maximum atomic E-state index is 12.3. The number of halogens is 2. The Balaban J connectivity index is 2.19. The predicted molar refractivity (Wildman–Crippen MR) is 111 cm³/mol. The fourth-order valence-electron chi connectivity index (χ4n) is 3.01. The summed E-state index contributed by atoms with van der Waals surface area (Å²) in [5, 5.41) is 0.658. The zero-order valence-electron chi connectivity index (χ0n) is 15.4. The van der Waals surface area contributed by atoms with Gasteiger partial charge in [-0.05, 0) is 56.7 Å². The van der Waals surface area contributed by atoms with Crippen LogP contribution in [0.25, 0.3) is 5.69 Å². The van der Waals surface area contributed by atoms with E-state index in [1.165, 1.54) is 0 Å². The molecule has 140 valence electrons. The van der Waals surface area contributed by atoms with Crippen molar-refractivity contribution in [1.29, 1.82) is 0 Å². The molecule has 3 rings (SSSR count). The second-order valence-electron chi connectivity index (χ2n) is 6.62. The number of esters is 1. The van der Waals surface area contributed by atoms with E-state index in [1.807, 2.05) is 66.9 Å². The summed E-state index contributed by atoms with van der Waals surface area (Å²) in [5.41, 5.74) is 1.58. The molecule has 0 atom stereocenters. The van der Waals surface area contributed by atoms with Crippen molar-refractivity contribution in [3.63, 3.8) is 0 Å². The molecule has 0 aliphatic heterocycles. The number of rotatable bonds is 5. The molecule has 0 fully saturated rings. The Morgan fingerprint density at radius 2 is 1.85 bits per heavy atom. The second-order valence-corrected chi connectivity index (χ2v) is 7.94. The SMILES string of the molecule is CCOC(=O)c1cn(-c2ccc(Br)cc2)c(C(C)(C)c2ccccc2Cl)n1. The summed E-state index contributed by atoms with van der Waals surface area (Å²) >= 11 is 9.92. The number of ether oxygens (including phenoxy) is 1. The van der Waals surface area contributed by atoms with E-state index in [2.05, 4.69) is 20.9 Å². The van der Waals surface area contributed by atoms with Crippen LogP contribution in [0.15, 0.2) is 59.2 Å². The van der Waals surface area contributed by atoms with Gasteiger partial charge in [-0.3, -0.25) is 0 Å². The van der Waals surface area contributed by atoms with Gasteiger partial charge in [-0.15, -0.1) is 0 Å². The highest BCUT2D eigenvalue weighted by Crippen LogP contribution is 2.36. The molecule has 6 heteroatoms. The van der Waals surface area contributed by atoms with Gasteiger partial charge in [0.25, 0.3) is 0 Å². The zero-order chi connectivity index (χ0) is 19.6. The van der Waals surface area contributed by atoms with Gasteiger partial charge in [-0.1, -0.05) is 45.7 Å². The van der Waals surface area contributed by atoms with Crippen LogP contribution in [-0.4, -0.2) is 22.1 Å². The molecule has 0 amide bonds. The van der Waals surface area contributed by atoms with Crippen LogP contribution in [0.5, 0.6) is 0 Å². The molecule has 0 aliphatic rings. The first-order valence-electron chi connectivity index (χ1n) is 8.62. The molecule has 27 heavy (non-hydrogen) atoms. The lowest BCUT2D eigenvalue weighted by Gasteiger charge is -2.26. The molecule has 0 N–H and O–H groups in total. The summed E-state index contributed by atoms with van der Waals surface area (Å²) in [7, 11) is 0.